The summed E-state index contributed by atoms with van der Waals surface area (Å²) < 4.78 is 5.65. The van der Waals surface area contributed by atoms with E-state index in [9.17, 15) is 0 Å². The molecule has 0 radical (unpaired) electrons. The second-order valence-electron chi connectivity index (χ2n) is 5.60. The van der Waals surface area contributed by atoms with Crippen LogP contribution in [-0.2, 0) is 4.74 Å². The van der Waals surface area contributed by atoms with Crippen molar-refractivity contribution >= 4 is 0 Å². The van der Waals surface area contributed by atoms with E-state index in [2.05, 4.69) is 18.7 Å². The number of hydrogen-bond acceptors (Lipinski definition) is 3. The molecule has 94 valence electrons. The van der Waals surface area contributed by atoms with Crippen molar-refractivity contribution in [3.05, 3.63) is 0 Å². The molecule has 2 fully saturated rings. The van der Waals surface area contributed by atoms with Crippen LogP contribution in [0.4, 0.5) is 0 Å². The Hall–Kier alpha value is -0.120. The van der Waals surface area contributed by atoms with Gasteiger partial charge in [0.1, 0.15) is 0 Å². The Morgan fingerprint density at radius 1 is 1.25 bits per heavy atom. The van der Waals surface area contributed by atoms with E-state index in [0.717, 1.165) is 37.6 Å². The van der Waals surface area contributed by atoms with E-state index in [1.807, 2.05) is 0 Å². The van der Waals surface area contributed by atoms with Gasteiger partial charge in [-0.05, 0) is 24.7 Å². The topological polar surface area (TPSA) is 38.5 Å². The van der Waals surface area contributed by atoms with Crippen LogP contribution in [0, 0.1) is 11.8 Å². The summed E-state index contributed by atoms with van der Waals surface area (Å²) in [5, 5.41) is 0. The van der Waals surface area contributed by atoms with Gasteiger partial charge in [-0.25, -0.2) is 0 Å². The van der Waals surface area contributed by atoms with Crippen molar-refractivity contribution in [3.63, 3.8) is 0 Å². The summed E-state index contributed by atoms with van der Waals surface area (Å²) in [6.45, 7) is 8.47. The molecular formula is C13H26N2O. The van der Waals surface area contributed by atoms with Crippen molar-refractivity contribution in [3.8, 4) is 0 Å². The van der Waals surface area contributed by atoms with Gasteiger partial charge in [0.05, 0.1) is 12.7 Å². The van der Waals surface area contributed by atoms with Gasteiger partial charge in [-0.1, -0.05) is 20.3 Å². The van der Waals surface area contributed by atoms with Crippen LogP contribution in [0.2, 0.25) is 0 Å². The Morgan fingerprint density at radius 2 is 1.94 bits per heavy atom. The van der Waals surface area contributed by atoms with Gasteiger partial charge >= 0.3 is 0 Å². The highest BCUT2D eigenvalue weighted by Gasteiger charge is 2.34. The van der Waals surface area contributed by atoms with Crippen LogP contribution in [0.25, 0.3) is 0 Å². The van der Waals surface area contributed by atoms with E-state index in [0.29, 0.717) is 6.54 Å². The second kappa shape index (κ2) is 5.48. The third kappa shape index (κ3) is 2.58. The highest BCUT2D eigenvalue weighted by Crippen LogP contribution is 2.33. The van der Waals surface area contributed by atoms with E-state index in [1.54, 1.807) is 0 Å². The molecule has 0 amide bonds. The lowest BCUT2D eigenvalue weighted by Crippen LogP contribution is -2.54. The minimum Gasteiger partial charge on any atom is -0.374 e. The maximum Gasteiger partial charge on any atom is 0.0824 e. The summed E-state index contributed by atoms with van der Waals surface area (Å²) in [6, 6.07) is 0.756. The molecular weight excluding hydrogens is 200 g/mol. The molecule has 2 N–H and O–H groups in total. The average molecular weight is 226 g/mol. The number of rotatable bonds is 2. The van der Waals surface area contributed by atoms with Crippen molar-refractivity contribution in [1.82, 2.24) is 4.90 Å². The van der Waals surface area contributed by atoms with E-state index < -0.39 is 0 Å². The fraction of sp³-hybridized carbons (Fsp3) is 1.00. The zero-order chi connectivity index (χ0) is 11.5. The fourth-order valence-corrected chi connectivity index (χ4v) is 3.54. The van der Waals surface area contributed by atoms with Gasteiger partial charge in [-0.3, -0.25) is 4.90 Å². The molecule has 1 saturated carbocycles. The normalized spacial score (nSPS) is 42.2. The molecule has 16 heavy (non-hydrogen) atoms. The van der Waals surface area contributed by atoms with Gasteiger partial charge in [0, 0.05) is 25.7 Å². The van der Waals surface area contributed by atoms with Crippen molar-refractivity contribution in [2.75, 3.05) is 26.2 Å². The minimum atomic E-state index is 0.259. The maximum absolute atomic E-state index is 5.71. The number of ether oxygens (including phenoxy) is 1. The van der Waals surface area contributed by atoms with Gasteiger partial charge in [0.25, 0.3) is 0 Å². The Balaban J connectivity index is 1.98. The summed E-state index contributed by atoms with van der Waals surface area (Å²) in [5.74, 6) is 1.67. The highest BCUT2D eigenvalue weighted by molar-refractivity contribution is 4.88. The van der Waals surface area contributed by atoms with E-state index in [1.165, 1.54) is 19.3 Å². The third-order valence-corrected chi connectivity index (χ3v) is 4.34. The lowest BCUT2D eigenvalue weighted by molar-refractivity contribution is -0.0625. The van der Waals surface area contributed by atoms with Crippen molar-refractivity contribution in [2.45, 2.75) is 45.3 Å². The van der Waals surface area contributed by atoms with Gasteiger partial charge in [0.2, 0.25) is 0 Å². The fourth-order valence-electron chi connectivity index (χ4n) is 3.54. The smallest absolute Gasteiger partial charge is 0.0824 e. The van der Waals surface area contributed by atoms with Crippen molar-refractivity contribution < 1.29 is 4.74 Å². The summed E-state index contributed by atoms with van der Waals surface area (Å²) in [4.78, 5) is 2.63. The molecule has 0 aromatic heterocycles. The Labute approximate surface area is 99.3 Å². The lowest BCUT2D eigenvalue weighted by atomic mass is 9.77. The number of nitrogens with zero attached hydrogens (tertiary/aromatic N) is 1. The Bertz CT molecular complexity index is 212. The first-order valence-electron chi connectivity index (χ1n) is 6.78. The highest BCUT2D eigenvalue weighted by atomic mass is 16.5. The third-order valence-electron chi connectivity index (χ3n) is 4.34. The van der Waals surface area contributed by atoms with Gasteiger partial charge < -0.3 is 10.5 Å². The molecule has 3 heteroatoms. The molecule has 3 nitrogen and oxygen atoms in total. The maximum atomic E-state index is 5.71. The Morgan fingerprint density at radius 3 is 2.56 bits per heavy atom. The van der Waals surface area contributed by atoms with Gasteiger partial charge in [-0.15, -0.1) is 0 Å². The molecule has 1 aliphatic carbocycles. The quantitative estimate of drug-likeness (QED) is 0.775. The van der Waals surface area contributed by atoms with Crippen LogP contribution < -0.4 is 5.73 Å². The summed E-state index contributed by atoms with van der Waals surface area (Å²) >= 11 is 0. The van der Waals surface area contributed by atoms with Crippen LogP contribution >= 0.6 is 0 Å². The van der Waals surface area contributed by atoms with Crippen molar-refractivity contribution in [2.24, 2.45) is 17.6 Å². The Kier molecular flexibility index (Phi) is 4.22. The van der Waals surface area contributed by atoms with Crippen LogP contribution in [0.1, 0.15) is 33.1 Å². The van der Waals surface area contributed by atoms with Crippen LogP contribution in [0.3, 0.4) is 0 Å². The molecule has 0 aromatic carbocycles. The monoisotopic (exact) mass is 226 g/mol. The first-order chi connectivity index (χ1) is 7.72. The lowest BCUT2D eigenvalue weighted by Gasteiger charge is -2.45. The molecule has 1 saturated heterocycles. The average Bonchev–Trinajstić information content (AvgIpc) is 2.29. The number of morpholine rings is 1. The summed E-state index contributed by atoms with van der Waals surface area (Å²) in [5.41, 5.74) is 5.71. The van der Waals surface area contributed by atoms with Crippen LogP contribution in [-0.4, -0.2) is 43.3 Å². The summed E-state index contributed by atoms with van der Waals surface area (Å²) in [7, 11) is 0. The zero-order valence-corrected chi connectivity index (χ0v) is 10.7. The van der Waals surface area contributed by atoms with E-state index >= 15 is 0 Å². The van der Waals surface area contributed by atoms with Crippen LogP contribution in [0.5, 0.6) is 0 Å². The largest absolute Gasteiger partial charge is 0.374 e. The molecule has 0 bridgehead atoms. The predicted molar refractivity (Wildman–Crippen MR) is 66.3 cm³/mol. The number of hydrogen-bond donors (Lipinski definition) is 1. The summed E-state index contributed by atoms with van der Waals surface area (Å²) in [6.07, 6.45) is 4.44. The molecule has 3 atom stereocenters. The van der Waals surface area contributed by atoms with Crippen LogP contribution in [0.15, 0.2) is 0 Å². The molecule has 3 unspecified atom stereocenters. The van der Waals surface area contributed by atoms with Crippen molar-refractivity contribution in [1.29, 1.82) is 0 Å². The molecule has 0 spiro atoms. The van der Waals surface area contributed by atoms with Gasteiger partial charge in [0.15, 0.2) is 0 Å². The minimum absolute atomic E-state index is 0.259. The van der Waals surface area contributed by atoms with E-state index in [4.69, 9.17) is 10.5 Å². The SMILES string of the molecule is CC1CCCC(C)C1N1CCOC(CN)C1. The standard InChI is InChI=1S/C13H26N2O/c1-10-4-3-5-11(2)13(10)15-6-7-16-12(8-14)9-15/h10-13H,3-9,14H2,1-2H3. The molecule has 0 aromatic rings. The predicted octanol–water partition coefficient (Wildman–Crippen LogP) is 1.47. The first kappa shape index (κ1) is 12.3. The molecule has 2 aliphatic rings. The van der Waals surface area contributed by atoms with E-state index in [-0.39, 0.29) is 6.10 Å². The zero-order valence-electron chi connectivity index (χ0n) is 10.7. The number of nitrogens with two attached hydrogens (primary N) is 1. The molecule has 2 rings (SSSR count). The molecule has 1 aliphatic heterocycles. The first-order valence-corrected chi connectivity index (χ1v) is 6.78. The van der Waals surface area contributed by atoms with Gasteiger partial charge in [-0.2, -0.15) is 0 Å². The second-order valence-corrected chi connectivity index (χ2v) is 5.60. The molecule has 1 heterocycles.